The molecular formula is C19H21N3O2. The van der Waals surface area contributed by atoms with Crippen LogP contribution < -0.4 is 10.9 Å². The predicted molar refractivity (Wildman–Crippen MR) is 98.6 cm³/mol. The van der Waals surface area contributed by atoms with Crippen LogP contribution in [-0.2, 0) is 11.3 Å². The molecule has 1 heterocycles. The molecule has 0 bridgehead atoms. The van der Waals surface area contributed by atoms with Crippen molar-refractivity contribution in [3.05, 3.63) is 52.8 Å². The lowest BCUT2D eigenvalue weighted by Gasteiger charge is -2.13. The largest absolute Gasteiger partial charge is 0.325 e. The number of pyridine rings is 1. The minimum atomic E-state index is -0.0782. The Morgan fingerprint density at radius 1 is 1.08 bits per heavy atom. The number of hydrogen-bond acceptors (Lipinski definition) is 3. The average molecular weight is 323 g/mol. The van der Waals surface area contributed by atoms with Crippen LogP contribution >= 0.6 is 0 Å². The first-order chi connectivity index (χ1) is 11.5. The summed E-state index contributed by atoms with van der Waals surface area (Å²) in [5.41, 5.74) is 1.61. The highest BCUT2D eigenvalue weighted by atomic mass is 16.2. The quantitative estimate of drug-likeness (QED) is 0.751. The Morgan fingerprint density at radius 3 is 2.54 bits per heavy atom. The summed E-state index contributed by atoms with van der Waals surface area (Å²) < 4.78 is 1.78. The zero-order valence-corrected chi connectivity index (χ0v) is 14.2. The fourth-order valence-electron chi connectivity index (χ4n) is 3.02. The lowest BCUT2D eigenvalue weighted by atomic mass is 10.1. The van der Waals surface area contributed by atoms with Gasteiger partial charge < -0.3 is 14.8 Å². The van der Waals surface area contributed by atoms with Gasteiger partial charge in [0.1, 0.15) is 0 Å². The van der Waals surface area contributed by atoms with Crippen molar-refractivity contribution in [1.29, 1.82) is 0 Å². The number of likely N-dealkylation sites (N-methyl/N-ethyl adjacent to an activating group) is 1. The molecule has 0 fully saturated rings. The first-order valence-electron chi connectivity index (χ1n) is 8.01. The monoisotopic (exact) mass is 323 g/mol. The SMILES string of the molecule is CCn1c(=O)c2ccc(NC(=O)CN(C)C)cc2c2ccccc21. The molecule has 5 heteroatoms. The van der Waals surface area contributed by atoms with Crippen LogP contribution in [-0.4, -0.2) is 36.0 Å². The number of benzene rings is 2. The number of fused-ring (bicyclic) bond motifs is 3. The van der Waals surface area contributed by atoms with Gasteiger partial charge in [0.15, 0.2) is 0 Å². The van der Waals surface area contributed by atoms with Crippen LogP contribution in [0.2, 0.25) is 0 Å². The van der Waals surface area contributed by atoms with E-state index in [9.17, 15) is 9.59 Å². The van der Waals surface area contributed by atoms with Gasteiger partial charge in [0.25, 0.3) is 5.56 Å². The highest BCUT2D eigenvalue weighted by Crippen LogP contribution is 2.25. The van der Waals surface area contributed by atoms with Gasteiger partial charge in [-0.2, -0.15) is 0 Å². The lowest BCUT2D eigenvalue weighted by molar-refractivity contribution is -0.116. The first-order valence-corrected chi connectivity index (χ1v) is 8.01. The second-order valence-corrected chi connectivity index (χ2v) is 6.11. The first kappa shape index (κ1) is 16.2. The molecule has 2 aromatic carbocycles. The third-order valence-corrected chi connectivity index (χ3v) is 4.04. The van der Waals surface area contributed by atoms with Crippen LogP contribution in [0.25, 0.3) is 21.7 Å². The Balaban J connectivity index is 2.17. The van der Waals surface area contributed by atoms with Crippen LogP contribution in [0.5, 0.6) is 0 Å². The number of nitrogens with zero attached hydrogens (tertiary/aromatic N) is 2. The van der Waals surface area contributed by atoms with E-state index in [4.69, 9.17) is 0 Å². The molecule has 0 unspecified atom stereocenters. The maximum Gasteiger partial charge on any atom is 0.258 e. The number of rotatable bonds is 4. The van der Waals surface area contributed by atoms with E-state index in [1.54, 1.807) is 16.7 Å². The van der Waals surface area contributed by atoms with Gasteiger partial charge in [-0.1, -0.05) is 18.2 Å². The van der Waals surface area contributed by atoms with E-state index >= 15 is 0 Å². The number of aryl methyl sites for hydroxylation is 1. The molecule has 5 nitrogen and oxygen atoms in total. The summed E-state index contributed by atoms with van der Waals surface area (Å²) >= 11 is 0. The Hall–Kier alpha value is -2.66. The smallest absolute Gasteiger partial charge is 0.258 e. The zero-order valence-electron chi connectivity index (χ0n) is 14.2. The van der Waals surface area contributed by atoms with Crippen molar-refractivity contribution in [2.45, 2.75) is 13.5 Å². The highest BCUT2D eigenvalue weighted by molar-refractivity contribution is 6.07. The number of hydrogen-bond donors (Lipinski definition) is 1. The molecule has 1 amide bonds. The summed E-state index contributed by atoms with van der Waals surface area (Å²) in [5, 5.41) is 5.43. The van der Waals surface area contributed by atoms with Crippen LogP contribution in [0, 0.1) is 0 Å². The van der Waals surface area contributed by atoms with Gasteiger partial charge in [-0.15, -0.1) is 0 Å². The molecule has 3 rings (SSSR count). The molecule has 3 aromatic rings. The van der Waals surface area contributed by atoms with E-state index in [-0.39, 0.29) is 11.5 Å². The van der Waals surface area contributed by atoms with Crippen molar-refractivity contribution in [3.63, 3.8) is 0 Å². The van der Waals surface area contributed by atoms with Crippen molar-refractivity contribution in [3.8, 4) is 0 Å². The van der Waals surface area contributed by atoms with E-state index in [1.807, 2.05) is 56.3 Å². The number of aromatic nitrogens is 1. The Kier molecular flexibility index (Phi) is 4.36. The Labute approximate surface area is 140 Å². The number of amides is 1. The molecule has 124 valence electrons. The molecule has 1 aromatic heterocycles. The number of carbonyl (C=O) groups is 1. The van der Waals surface area contributed by atoms with Gasteiger partial charge >= 0.3 is 0 Å². The Bertz CT molecular complexity index is 973. The summed E-state index contributed by atoms with van der Waals surface area (Å²) in [6.45, 7) is 2.91. The van der Waals surface area contributed by atoms with Gasteiger partial charge in [-0.05, 0) is 50.7 Å². The van der Waals surface area contributed by atoms with Crippen LogP contribution in [0.3, 0.4) is 0 Å². The molecule has 0 atom stereocenters. The summed E-state index contributed by atoms with van der Waals surface area (Å²) in [6.07, 6.45) is 0. The standard InChI is InChI=1S/C19H21N3O2/c1-4-22-17-8-6-5-7-14(17)16-11-13(9-10-15(16)19(22)24)20-18(23)12-21(2)3/h5-11H,4,12H2,1-3H3,(H,20,23). The molecule has 0 aliphatic rings. The molecule has 0 saturated heterocycles. The van der Waals surface area contributed by atoms with Crippen LogP contribution in [0.1, 0.15) is 6.92 Å². The van der Waals surface area contributed by atoms with Gasteiger partial charge in [0.2, 0.25) is 5.91 Å². The maximum atomic E-state index is 12.7. The number of para-hydroxylation sites is 1. The summed E-state index contributed by atoms with van der Waals surface area (Å²) in [7, 11) is 3.70. The fraction of sp³-hybridized carbons (Fsp3) is 0.263. The van der Waals surface area contributed by atoms with Crippen LogP contribution in [0.4, 0.5) is 5.69 Å². The molecule has 0 saturated carbocycles. The second kappa shape index (κ2) is 6.45. The molecule has 0 aliphatic carbocycles. The van der Waals surface area contributed by atoms with Crippen LogP contribution in [0.15, 0.2) is 47.3 Å². The number of anilines is 1. The second-order valence-electron chi connectivity index (χ2n) is 6.11. The van der Waals surface area contributed by atoms with Gasteiger partial charge in [0, 0.05) is 23.0 Å². The molecule has 0 radical (unpaired) electrons. The minimum Gasteiger partial charge on any atom is -0.325 e. The molecule has 24 heavy (non-hydrogen) atoms. The van der Waals surface area contributed by atoms with Gasteiger partial charge in [0.05, 0.1) is 12.1 Å². The van der Waals surface area contributed by atoms with Crippen molar-refractivity contribution in [1.82, 2.24) is 9.47 Å². The van der Waals surface area contributed by atoms with E-state index in [1.165, 1.54) is 0 Å². The van der Waals surface area contributed by atoms with E-state index in [0.717, 1.165) is 16.3 Å². The molecular weight excluding hydrogens is 302 g/mol. The lowest BCUT2D eigenvalue weighted by Crippen LogP contribution is -2.27. The number of nitrogens with one attached hydrogen (secondary N) is 1. The van der Waals surface area contributed by atoms with Crippen molar-refractivity contribution in [2.75, 3.05) is 26.0 Å². The normalized spacial score (nSPS) is 11.3. The Morgan fingerprint density at radius 2 is 1.83 bits per heavy atom. The van der Waals surface area contributed by atoms with Crippen molar-refractivity contribution in [2.24, 2.45) is 0 Å². The molecule has 0 aliphatic heterocycles. The highest BCUT2D eigenvalue weighted by Gasteiger charge is 2.11. The summed E-state index contributed by atoms with van der Waals surface area (Å²) in [5.74, 6) is -0.0782. The molecule has 0 spiro atoms. The van der Waals surface area contributed by atoms with E-state index in [0.29, 0.717) is 24.2 Å². The summed E-state index contributed by atoms with van der Waals surface area (Å²) in [6, 6.07) is 13.3. The fourth-order valence-corrected chi connectivity index (χ4v) is 3.02. The third-order valence-electron chi connectivity index (χ3n) is 4.04. The van der Waals surface area contributed by atoms with Crippen molar-refractivity contribution < 1.29 is 4.79 Å². The van der Waals surface area contributed by atoms with Crippen molar-refractivity contribution >= 4 is 33.3 Å². The van der Waals surface area contributed by atoms with Gasteiger partial charge in [-0.25, -0.2) is 0 Å². The zero-order chi connectivity index (χ0) is 17.3. The van der Waals surface area contributed by atoms with E-state index < -0.39 is 0 Å². The summed E-state index contributed by atoms with van der Waals surface area (Å²) in [4.78, 5) is 26.5. The number of carbonyl (C=O) groups excluding carboxylic acids is 1. The predicted octanol–water partition coefficient (Wildman–Crippen LogP) is 2.67. The van der Waals surface area contributed by atoms with Gasteiger partial charge in [-0.3, -0.25) is 9.59 Å². The topological polar surface area (TPSA) is 54.3 Å². The third kappa shape index (κ3) is 2.90. The average Bonchev–Trinajstić information content (AvgIpc) is 2.54. The molecule has 1 N–H and O–H groups in total. The van der Waals surface area contributed by atoms with E-state index in [2.05, 4.69) is 5.32 Å². The minimum absolute atomic E-state index is 0.00244. The maximum absolute atomic E-state index is 12.7.